The zero-order chi connectivity index (χ0) is 16.6. The maximum atomic E-state index is 5.64. The molecule has 2 heterocycles. The van der Waals surface area contributed by atoms with Gasteiger partial charge in [0, 0.05) is 25.3 Å². The van der Waals surface area contributed by atoms with Gasteiger partial charge in [0.2, 0.25) is 0 Å². The van der Waals surface area contributed by atoms with Crippen molar-refractivity contribution in [3.05, 3.63) is 36.2 Å². The molecule has 0 aliphatic carbocycles. The number of aromatic amines is 1. The molecule has 1 unspecified atom stereocenters. The van der Waals surface area contributed by atoms with Crippen LogP contribution in [0, 0.1) is 0 Å². The molecule has 1 aromatic heterocycles. The predicted molar refractivity (Wildman–Crippen MR) is 93.6 cm³/mol. The van der Waals surface area contributed by atoms with Gasteiger partial charge in [0.15, 0.2) is 11.8 Å². The minimum absolute atomic E-state index is 0.295. The van der Waals surface area contributed by atoms with E-state index >= 15 is 0 Å². The number of nitrogens with one attached hydrogen (secondary N) is 3. The van der Waals surface area contributed by atoms with Crippen LogP contribution >= 0.6 is 0 Å². The summed E-state index contributed by atoms with van der Waals surface area (Å²) in [5, 5.41) is 13.4. The first kappa shape index (κ1) is 16.4. The summed E-state index contributed by atoms with van der Waals surface area (Å²) in [4.78, 5) is 8.84. The lowest BCUT2D eigenvalue weighted by Gasteiger charge is -2.14. The summed E-state index contributed by atoms with van der Waals surface area (Å²) < 4.78 is 5.64. The van der Waals surface area contributed by atoms with Crippen molar-refractivity contribution < 1.29 is 4.74 Å². The van der Waals surface area contributed by atoms with E-state index < -0.39 is 0 Å². The number of nitrogens with zero attached hydrogens (tertiary/aromatic N) is 3. The fraction of sp³-hybridized carbons (Fsp3) is 0.471. The second-order valence-corrected chi connectivity index (χ2v) is 5.75. The maximum Gasteiger partial charge on any atom is 0.191 e. The van der Waals surface area contributed by atoms with Gasteiger partial charge in [-0.15, -0.1) is 0 Å². The number of aliphatic imine (C=N–C) groups is 1. The van der Waals surface area contributed by atoms with E-state index in [1.54, 1.807) is 0 Å². The monoisotopic (exact) mass is 328 g/mol. The summed E-state index contributed by atoms with van der Waals surface area (Å²) >= 11 is 0. The third-order valence-corrected chi connectivity index (χ3v) is 3.90. The van der Waals surface area contributed by atoms with Crippen LogP contribution < -0.4 is 10.6 Å². The zero-order valence-corrected chi connectivity index (χ0v) is 14.0. The van der Waals surface area contributed by atoms with Crippen molar-refractivity contribution in [1.82, 2.24) is 25.8 Å². The summed E-state index contributed by atoms with van der Waals surface area (Å²) in [6.07, 6.45) is 4.07. The van der Waals surface area contributed by atoms with E-state index in [9.17, 15) is 0 Å². The Bertz CT molecular complexity index is 649. The van der Waals surface area contributed by atoms with E-state index in [1.807, 2.05) is 12.1 Å². The molecule has 0 bridgehead atoms. The van der Waals surface area contributed by atoms with Crippen molar-refractivity contribution in [3.63, 3.8) is 0 Å². The van der Waals surface area contributed by atoms with Gasteiger partial charge in [-0.25, -0.2) is 9.98 Å². The molecule has 3 rings (SSSR count). The van der Waals surface area contributed by atoms with Crippen LogP contribution in [0.2, 0.25) is 0 Å². The molecule has 0 amide bonds. The molecule has 7 heteroatoms. The van der Waals surface area contributed by atoms with Crippen LogP contribution in [0.15, 0.2) is 35.6 Å². The molecular formula is C17H24N6O. The van der Waals surface area contributed by atoms with Crippen molar-refractivity contribution in [3.8, 4) is 11.4 Å². The third kappa shape index (κ3) is 4.55. The van der Waals surface area contributed by atoms with Crippen LogP contribution in [-0.4, -0.2) is 46.9 Å². The van der Waals surface area contributed by atoms with E-state index in [0.717, 1.165) is 55.4 Å². The van der Waals surface area contributed by atoms with Gasteiger partial charge in [-0.2, -0.15) is 5.10 Å². The van der Waals surface area contributed by atoms with Gasteiger partial charge < -0.3 is 15.4 Å². The number of aromatic nitrogens is 3. The van der Waals surface area contributed by atoms with Crippen LogP contribution in [0.25, 0.3) is 11.4 Å². The molecule has 0 saturated carbocycles. The number of ether oxygens (including phenoxy) is 1. The number of benzene rings is 1. The Hall–Kier alpha value is -2.41. The molecule has 0 spiro atoms. The number of hydrogen-bond acceptors (Lipinski definition) is 4. The van der Waals surface area contributed by atoms with Crippen LogP contribution in [0.1, 0.15) is 25.3 Å². The van der Waals surface area contributed by atoms with Gasteiger partial charge >= 0.3 is 0 Å². The number of rotatable bonds is 6. The molecule has 3 N–H and O–H groups in total. The Morgan fingerprint density at radius 3 is 3.12 bits per heavy atom. The highest BCUT2D eigenvalue weighted by atomic mass is 16.5. The fourth-order valence-corrected chi connectivity index (χ4v) is 2.69. The Morgan fingerprint density at radius 2 is 2.38 bits per heavy atom. The Kier molecular flexibility index (Phi) is 5.79. The molecule has 24 heavy (non-hydrogen) atoms. The van der Waals surface area contributed by atoms with Crippen molar-refractivity contribution in [2.24, 2.45) is 4.99 Å². The first-order valence-electron chi connectivity index (χ1n) is 8.43. The molecule has 1 saturated heterocycles. The summed E-state index contributed by atoms with van der Waals surface area (Å²) in [5.41, 5.74) is 2.13. The summed E-state index contributed by atoms with van der Waals surface area (Å²) in [6.45, 7) is 5.16. The predicted octanol–water partition coefficient (Wildman–Crippen LogP) is 1.71. The standard InChI is InChI=1S/C17H24N6O/c1-2-18-17(20-11-15-7-4-8-24-15)19-10-13-5-3-6-14(9-13)16-21-12-22-23-16/h3,5-6,9,12,15H,2,4,7-8,10-11H2,1H3,(H2,18,19,20)(H,21,22,23). The lowest BCUT2D eigenvalue weighted by atomic mass is 10.1. The number of H-pyrrole nitrogens is 1. The highest BCUT2D eigenvalue weighted by Gasteiger charge is 2.15. The van der Waals surface area contributed by atoms with Crippen molar-refractivity contribution in [1.29, 1.82) is 0 Å². The molecular weight excluding hydrogens is 304 g/mol. The SMILES string of the molecule is CCNC(=NCc1cccc(-c2ncn[nH]2)c1)NCC1CCCO1. The Morgan fingerprint density at radius 1 is 1.42 bits per heavy atom. The molecule has 2 aromatic rings. The van der Waals surface area contributed by atoms with E-state index in [2.05, 4.69) is 49.9 Å². The molecule has 0 radical (unpaired) electrons. The Balaban J connectivity index is 1.61. The van der Waals surface area contributed by atoms with Gasteiger partial charge in [0.05, 0.1) is 12.6 Å². The third-order valence-electron chi connectivity index (χ3n) is 3.90. The Labute approximate surface area is 141 Å². The van der Waals surface area contributed by atoms with Gasteiger partial charge in [0.1, 0.15) is 6.33 Å². The first-order chi connectivity index (χ1) is 11.8. The highest BCUT2D eigenvalue weighted by molar-refractivity contribution is 5.79. The van der Waals surface area contributed by atoms with Crippen LogP contribution in [-0.2, 0) is 11.3 Å². The van der Waals surface area contributed by atoms with Crippen molar-refractivity contribution in [2.45, 2.75) is 32.4 Å². The van der Waals surface area contributed by atoms with Crippen LogP contribution in [0.3, 0.4) is 0 Å². The molecule has 1 aliphatic rings. The van der Waals surface area contributed by atoms with Gasteiger partial charge in [-0.05, 0) is 31.4 Å². The first-order valence-corrected chi connectivity index (χ1v) is 8.43. The van der Waals surface area contributed by atoms with Crippen molar-refractivity contribution >= 4 is 5.96 Å². The molecule has 1 fully saturated rings. The topological polar surface area (TPSA) is 87.2 Å². The number of guanidine groups is 1. The van der Waals surface area contributed by atoms with E-state index in [1.165, 1.54) is 6.33 Å². The molecule has 7 nitrogen and oxygen atoms in total. The summed E-state index contributed by atoms with van der Waals surface area (Å²) in [5.74, 6) is 1.59. The molecule has 1 aliphatic heterocycles. The van der Waals surface area contributed by atoms with Crippen LogP contribution in [0.4, 0.5) is 0 Å². The average Bonchev–Trinajstić information content (AvgIpc) is 3.31. The summed E-state index contributed by atoms with van der Waals surface area (Å²) in [7, 11) is 0. The number of hydrogen-bond donors (Lipinski definition) is 3. The van der Waals surface area contributed by atoms with Gasteiger partial charge in [-0.1, -0.05) is 18.2 Å². The highest BCUT2D eigenvalue weighted by Crippen LogP contribution is 2.16. The van der Waals surface area contributed by atoms with Gasteiger partial charge in [0.25, 0.3) is 0 Å². The molecule has 128 valence electrons. The summed E-state index contributed by atoms with van der Waals surface area (Å²) in [6, 6.07) is 8.16. The normalized spacial score (nSPS) is 17.9. The molecule has 1 aromatic carbocycles. The average molecular weight is 328 g/mol. The zero-order valence-electron chi connectivity index (χ0n) is 14.0. The second-order valence-electron chi connectivity index (χ2n) is 5.75. The van der Waals surface area contributed by atoms with Crippen molar-refractivity contribution in [2.75, 3.05) is 19.7 Å². The largest absolute Gasteiger partial charge is 0.376 e. The lowest BCUT2D eigenvalue weighted by Crippen LogP contribution is -2.41. The maximum absolute atomic E-state index is 5.64. The minimum atomic E-state index is 0.295. The van der Waals surface area contributed by atoms with E-state index in [0.29, 0.717) is 12.6 Å². The van der Waals surface area contributed by atoms with E-state index in [-0.39, 0.29) is 0 Å². The lowest BCUT2D eigenvalue weighted by molar-refractivity contribution is 0.114. The smallest absolute Gasteiger partial charge is 0.191 e. The fourth-order valence-electron chi connectivity index (χ4n) is 2.69. The second kappa shape index (κ2) is 8.44. The minimum Gasteiger partial charge on any atom is -0.376 e. The van der Waals surface area contributed by atoms with E-state index in [4.69, 9.17) is 4.74 Å². The quantitative estimate of drug-likeness (QED) is 0.555. The molecule has 1 atom stereocenters. The van der Waals surface area contributed by atoms with Crippen LogP contribution in [0.5, 0.6) is 0 Å². The van der Waals surface area contributed by atoms with Gasteiger partial charge in [-0.3, -0.25) is 5.10 Å².